The Balaban J connectivity index is 1.34. The summed E-state index contributed by atoms with van der Waals surface area (Å²) in [6.07, 6.45) is 0.214. The molecule has 7 nitrogen and oxygen atoms in total. The van der Waals surface area contributed by atoms with Gasteiger partial charge in [0.15, 0.2) is 0 Å². The largest absolute Gasteiger partial charge is 0.467 e. The van der Waals surface area contributed by atoms with Crippen LogP contribution in [0.5, 0.6) is 0 Å². The lowest BCUT2D eigenvalue weighted by Gasteiger charge is -2.33. The van der Waals surface area contributed by atoms with Crippen molar-refractivity contribution in [1.82, 2.24) is 14.9 Å². The minimum Gasteiger partial charge on any atom is -0.467 e. The number of hydrogen-bond donors (Lipinski definition) is 1. The zero-order valence-corrected chi connectivity index (χ0v) is 20.4. The molecule has 1 saturated heterocycles. The number of carbonyl (C=O) groups excluding carboxylic acids is 2. The Hall–Kier alpha value is -3.82. The van der Waals surface area contributed by atoms with Crippen molar-refractivity contribution in [3.63, 3.8) is 0 Å². The predicted octanol–water partition coefficient (Wildman–Crippen LogP) is 4.07. The van der Waals surface area contributed by atoms with Crippen LogP contribution in [-0.2, 0) is 33.5 Å². The van der Waals surface area contributed by atoms with Gasteiger partial charge in [-0.15, -0.1) is 0 Å². The first-order valence-corrected chi connectivity index (χ1v) is 12.1. The number of imidazole rings is 1. The van der Waals surface area contributed by atoms with Gasteiger partial charge < -0.3 is 19.5 Å². The molecule has 0 radical (unpaired) electrons. The van der Waals surface area contributed by atoms with Gasteiger partial charge in [-0.3, -0.25) is 4.79 Å². The fraction of sp³-hybridized carbons (Fsp3) is 0.370. The number of anilines is 1. The van der Waals surface area contributed by atoms with Crippen molar-refractivity contribution in [3.05, 3.63) is 83.9 Å². The highest BCUT2D eigenvalue weighted by Crippen LogP contribution is 2.32. The second-order valence-electron chi connectivity index (χ2n) is 9.12. The molecular weight excluding hydrogens is 485 g/mol. The average molecular weight is 515 g/mol. The molecule has 1 fully saturated rings. The smallest absolute Gasteiger partial charge is 0.416 e. The number of esters is 1. The Morgan fingerprint density at radius 3 is 2.51 bits per heavy atom. The van der Waals surface area contributed by atoms with E-state index in [4.69, 9.17) is 4.74 Å². The van der Waals surface area contributed by atoms with E-state index in [0.29, 0.717) is 43.9 Å². The lowest BCUT2D eigenvalue weighted by Crippen LogP contribution is -2.48. The molecule has 2 heterocycles. The summed E-state index contributed by atoms with van der Waals surface area (Å²) in [5, 5.41) is 2.80. The number of nitrogens with zero attached hydrogens (tertiary/aromatic N) is 3. The summed E-state index contributed by atoms with van der Waals surface area (Å²) in [4.78, 5) is 31.6. The molecule has 0 spiro atoms. The highest BCUT2D eigenvalue weighted by atomic mass is 19.4. The molecule has 0 bridgehead atoms. The van der Waals surface area contributed by atoms with Crippen molar-refractivity contribution >= 4 is 17.6 Å². The monoisotopic (exact) mass is 514 g/mol. The fourth-order valence-electron chi connectivity index (χ4n) is 4.51. The molecule has 2 aromatic carbocycles. The number of halogens is 3. The number of alkyl halides is 3. The first-order valence-electron chi connectivity index (χ1n) is 12.1. The molecule has 1 N–H and O–H groups in total. The van der Waals surface area contributed by atoms with Crippen molar-refractivity contribution in [2.75, 3.05) is 25.1 Å². The summed E-state index contributed by atoms with van der Waals surface area (Å²) in [5.74, 6) is -1.19. The number of methoxy groups -OCH3 is 1. The number of amides is 1. The van der Waals surface area contributed by atoms with Crippen molar-refractivity contribution < 1.29 is 27.5 Å². The minimum atomic E-state index is -4.41. The summed E-state index contributed by atoms with van der Waals surface area (Å²) >= 11 is 0. The number of nitrogens with one attached hydrogen (secondary N) is 1. The van der Waals surface area contributed by atoms with Crippen LogP contribution < -0.4 is 10.2 Å². The average Bonchev–Trinajstić information content (AvgIpc) is 3.34. The van der Waals surface area contributed by atoms with Crippen LogP contribution in [0, 0.1) is 5.92 Å². The fourth-order valence-corrected chi connectivity index (χ4v) is 4.51. The molecule has 10 heteroatoms. The number of benzene rings is 2. The highest BCUT2D eigenvalue weighted by Gasteiger charge is 2.32. The summed E-state index contributed by atoms with van der Waals surface area (Å²) in [6, 6.07) is 14.2. The van der Waals surface area contributed by atoms with E-state index >= 15 is 0 Å². The molecule has 1 aromatic heterocycles. The Labute approximate surface area is 213 Å². The molecule has 1 aliphatic rings. The van der Waals surface area contributed by atoms with Gasteiger partial charge in [-0.05, 0) is 36.6 Å². The van der Waals surface area contributed by atoms with Gasteiger partial charge in [-0.1, -0.05) is 36.4 Å². The molecular formula is C27H29F3N4O3. The van der Waals surface area contributed by atoms with E-state index in [1.807, 2.05) is 46.0 Å². The van der Waals surface area contributed by atoms with Gasteiger partial charge in [-0.25, -0.2) is 9.78 Å². The normalized spacial score (nSPS) is 15.3. The standard InChI is InChI=1S/C27H29F3N4O3/c1-37-26(36)24(15-22-17-33(18-31-22)16-19-6-3-2-4-7-19)32-25(35)20-10-12-34(13-11-20)23-9-5-8-21(14-23)27(28,29)30/h2-9,14,17-18,20,24H,10-13,15-16H2,1H3,(H,32,35). The lowest BCUT2D eigenvalue weighted by molar-refractivity contribution is -0.145. The van der Waals surface area contributed by atoms with E-state index in [2.05, 4.69) is 10.3 Å². The highest BCUT2D eigenvalue weighted by molar-refractivity contribution is 5.86. The number of rotatable bonds is 8. The summed E-state index contributed by atoms with van der Waals surface area (Å²) in [5.41, 5.74) is 1.54. The summed E-state index contributed by atoms with van der Waals surface area (Å²) in [7, 11) is 1.27. The second kappa shape index (κ2) is 11.5. The van der Waals surface area contributed by atoms with Crippen molar-refractivity contribution in [2.45, 2.75) is 38.0 Å². The van der Waals surface area contributed by atoms with Gasteiger partial charge in [-0.2, -0.15) is 13.2 Å². The molecule has 4 rings (SSSR count). The molecule has 196 valence electrons. The van der Waals surface area contributed by atoms with Crippen LogP contribution in [0.15, 0.2) is 67.1 Å². The minimum absolute atomic E-state index is 0.184. The zero-order chi connectivity index (χ0) is 26.4. The van der Waals surface area contributed by atoms with Crippen molar-refractivity contribution in [1.29, 1.82) is 0 Å². The summed E-state index contributed by atoms with van der Waals surface area (Å²) < 4.78 is 46.0. The van der Waals surface area contributed by atoms with Crippen LogP contribution in [0.25, 0.3) is 0 Å². The predicted molar refractivity (Wildman–Crippen MR) is 132 cm³/mol. The lowest BCUT2D eigenvalue weighted by atomic mass is 9.94. The third kappa shape index (κ3) is 6.90. The first-order chi connectivity index (χ1) is 17.7. The quantitative estimate of drug-likeness (QED) is 0.459. The van der Waals surface area contributed by atoms with Gasteiger partial charge in [0.25, 0.3) is 0 Å². The SMILES string of the molecule is COC(=O)C(Cc1cn(Cc2ccccc2)cn1)NC(=O)C1CCN(c2cccc(C(F)(F)F)c2)CC1. The van der Waals surface area contributed by atoms with E-state index in [0.717, 1.165) is 17.7 Å². The Morgan fingerprint density at radius 1 is 1.11 bits per heavy atom. The van der Waals surface area contributed by atoms with Crippen LogP contribution in [0.1, 0.15) is 29.7 Å². The molecule has 1 aliphatic heterocycles. The number of ether oxygens (including phenoxy) is 1. The second-order valence-corrected chi connectivity index (χ2v) is 9.12. The number of hydrogen-bond acceptors (Lipinski definition) is 5. The maximum absolute atomic E-state index is 13.1. The molecule has 3 aromatic rings. The maximum Gasteiger partial charge on any atom is 0.416 e. The molecule has 0 aliphatic carbocycles. The molecule has 1 amide bonds. The zero-order valence-electron chi connectivity index (χ0n) is 20.4. The molecule has 0 saturated carbocycles. The van der Waals surface area contributed by atoms with Crippen molar-refractivity contribution in [2.24, 2.45) is 5.92 Å². The van der Waals surface area contributed by atoms with E-state index in [-0.39, 0.29) is 18.2 Å². The van der Waals surface area contributed by atoms with Gasteiger partial charge in [0, 0.05) is 43.9 Å². The van der Waals surface area contributed by atoms with Crippen LogP contribution in [0.4, 0.5) is 18.9 Å². The Kier molecular flexibility index (Phi) is 8.15. The van der Waals surface area contributed by atoms with Crippen LogP contribution in [-0.4, -0.2) is 47.7 Å². The third-order valence-corrected chi connectivity index (χ3v) is 6.51. The third-order valence-electron chi connectivity index (χ3n) is 6.51. The van der Waals surface area contributed by atoms with Crippen LogP contribution >= 0.6 is 0 Å². The number of piperidine rings is 1. The maximum atomic E-state index is 13.1. The van der Waals surface area contributed by atoms with E-state index in [1.54, 1.807) is 12.4 Å². The molecule has 1 unspecified atom stereocenters. The van der Waals surface area contributed by atoms with Gasteiger partial charge in [0.2, 0.25) is 5.91 Å². The molecule has 1 atom stereocenters. The first kappa shape index (κ1) is 26.2. The van der Waals surface area contributed by atoms with Gasteiger partial charge in [0.1, 0.15) is 6.04 Å². The Morgan fingerprint density at radius 2 is 1.84 bits per heavy atom. The summed E-state index contributed by atoms with van der Waals surface area (Å²) in [6.45, 7) is 1.51. The van der Waals surface area contributed by atoms with Gasteiger partial charge in [0.05, 0.1) is 24.7 Å². The number of aromatic nitrogens is 2. The van der Waals surface area contributed by atoms with Gasteiger partial charge >= 0.3 is 12.1 Å². The van der Waals surface area contributed by atoms with E-state index < -0.39 is 23.8 Å². The topological polar surface area (TPSA) is 76.5 Å². The molecule has 37 heavy (non-hydrogen) atoms. The Bertz CT molecular complexity index is 1200. The van der Waals surface area contributed by atoms with Crippen molar-refractivity contribution in [3.8, 4) is 0 Å². The number of carbonyl (C=O) groups is 2. The van der Waals surface area contributed by atoms with Crippen LogP contribution in [0.2, 0.25) is 0 Å². The van der Waals surface area contributed by atoms with E-state index in [9.17, 15) is 22.8 Å². The van der Waals surface area contributed by atoms with E-state index in [1.165, 1.54) is 13.2 Å². The van der Waals surface area contributed by atoms with Crippen LogP contribution in [0.3, 0.4) is 0 Å².